The Morgan fingerprint density at radius 3 is 2.76 bits per heavy atom. The van der Waals surface area contributed by atoms with Crippen LogP contribution in [-0.4, -0.2) is 28.6 Å². The van der Waals surface area contributed by atoms with Crippen LogP contribution >= 0.6 is 23.2 Å². The third kappa shape index (κ3) is 2.05. The Balaban J connectivity index is 1.97. The van der Waals surface area contributed by atoms with Crippen LogP contribution in [0.1, 0.15) is 12.8 Å². The predicted octanol–water partition coefficient (Wildman–Crippen LogP) is 2.09. The molecule has 0 bridgehead atoms. The topological polar surface area (TPSA) is 58.1 Å². The molecule has 7 heteroatoms. The molecule has 1 saturated heterocycles. The van der Waals surface area contributed by atoms with E-state index in [4.69, 9.17) is 23.2 Å². The van der Waals surface area contributed by atoms with Crippen LogP contribution in [0.15, 0.2) is 6.07 Å². The van der Waals surface area contributed by atoms with Crippen molar-refractivity contribution in [3.8, 4) is 0 Å². The fourth-order valence-corrected chi connectivity index (χ4v) is 2.55. The van der Waals surface area contributed by atoms with Crippen LogP contribution < -0.4 is 10.2 Å². The van der Waals surface area contributed by atoms with Gasteiger partial charge in [0.15, 0.2) is 0 Å². The largest absolute Gasteiger partial charge is 0.336 e. The molecular weight excluding hydrogens is 263 g/mol. The number of amides is 2. The zero-order chi connectivity index (χ0) is 12.0. The van der Waals surface area contributed by atoms with Crippen molar-refractivity contribution >= 4 is 35.1 Å². The Morgan fingerprint density at radius 1 is 1.35 bits per heavy atom. The molecular formula is C10H10Cl2N4O. The predicted molar refractivity (Wildman–Crippen MR) is 64.4 cm³/mol. The second-order valence-corrected chi connectivity index (χ2v) is 5.00. The van der Waals surface area contributed by atoms with Gasteiger partial charge in [-0.3, -0.25) is 4.90 Å². The Kier molecular flexibility index (Phi) is 2.60. The van der Waals surface area contributed by atoms with Gasteiger partial charge in [0.05, 0.1) is 6.04 Å². The maximum Gasteiger partial charge on any atom is 0.323 e. The molecule has 17 heavy (non-hydrogen) atoms. The van der Waals surface area contributed by atoms with Gasteiger partial charge in [-0.1, -0.05) is 11.6 Å². The zero-order valence-electron chi connectivity index (χ0n) is 8.86. The first-order chi connectivity index (χ1) is 8.15. The highest BCUT2D eigenvalue weighted by molar-refractivity contribution is 6.32. The highest BCUT2D eigenvalue weighted by Crippen LogP contribution is 2.38. The van der Waals surface area contributed by atoms with Crippen molar-refractivity contribution in [3.05, 3.63) is 16.5 Å². The van der Waals surface area contributed by atoms with Crippen LogP contribution in [-0.2, 0) is 0 Å². The molecule has 2 aliphatic rings. The molecule has 1 unspecified atom stereocenters. The minimum absolute atomic E-state index is 0.0572. The number of halogens is 2. The van der Waals surface area contributed by atoms with Crippen LogP contribution in [0.4, 0.5) is 10.6 Å². The highest BCUT2D eigenvalue weighted by atomic mass is 35.5. The van der Waals surface area contributed by atoms with E-state index < -0.39 is 0 Å². The van der Waals surface area contributed by atoms with Gasteiger partial charge in [-0.15, -0.1) is 0 Å². The smallest absolute Gasteiger partial charge is 0.323 e. The molecule has 1 atom stereocenters. The fraction of sp³-hybridized carbons (Fsp3) is 0.500. The van der Waals surface area contributed by atoms with E-state index in [0.717, 1.165) is 12.8 Å². The van der Waals surface area contributed by atoms with E-state index in [1.54, 1.807) is 11.0 Å². The Morgan fingerprint density at radius 2 is 2.12 bits per heavy atom. The fourth-order valence-electron chi connectivity index (χ4n) is 2.15. The first-order valence-corrected chi connectivity index (χ1v) is 6.18. The summed E-state index contributed by atoms with van der Waals surface area (Å²) in [6, 6.07) is 1.57. The number of carbonyl (C=O) groups excluding carboxylic acids is 1. The third-order valence-corrected chi connectivity index (χ3v) is 3.44. The molecule has 5 nitrogen and oxygen atoms in total. The summed E-state index contributed by atoms with van der Waals surface area (Å²) in [6.45, 7) is 0.655. The van der Waals surface area contributed by atoms with Crippen molar-refractivity contribution in [1.82, 2.24) is 15.3 Å². The summed E-state index contributed by atoms with van der Waals surface area (Å²) < 4.78 is 0. The number of rotatable bonds is 2. The van der Waals surface area contributed by atoms with E-state index in [-0.39, 0.29) is 22.5 Å². The molecule has 90 valence electrons. The normalized spacial score (nSPS) is 24.0. The average Bonchev–Trinajstić information content (AvgIpc) is 3.01. The van der Waals surface area contributed by atoms with Crippen LogP contribution in [0.2, 0.25) is 10.4 Å². The van der Waals surface area contributed by atoms with Gasteiger partial charge < -0.3 is 5.32 Å². The lowest BCUT2D eigenvalue weighted by Gasteiger charge is -2.21. The number of hydrogen-bond donors (Lipinski definition) is 1. The number of anilines is 1. The summed E-state index contributed by atoms with van der Waals surface area (Å²) in [5.41, 5.74) is 0. The minimum atomic E-state index is -0.146. The maximum atomic E-state index is 11.8. The lowest BCUT2D eigenvalue weighted by molar-refractivity contribution is 0.251. The lowest BCUT2D eigenvalue weighted by atomic mass is 10.2. The van der Waals surface area contributed by atoms with Crippen molar-refractivity contribution < 1.29 is 4.79 Å². The van der Waals surface area contributed by atoms with Crippen molar-refractivity contribution in [3.63, 3.8) is 0 Å². The van der Waals surface area contributed by atoms with Gasteiger partial charge in [-0.2, -0.15) is 0 Å². The summed E-state index contributed by atoms with van der Waals surface area (Å²) in [7, 11) is 0. The molecule has 0 radical (unpaired) electrons. The maximum absolute atomic E-state index is 11.8. The van der Waals surface area contributed by atoms with Gasteiger partial charge in [0.1, 0.15) is 11.0 Å². The standard InChI is InChI=1S/C10H10Cl2N4O/c11-7-3-8(15-9(12)14-7)16-6(5-1-2-5)4-13-10(16)17/h3,5-6H,1-2,4H2,(H,13,17). The van der Waals surface area contributed by atoms with Gasteiger partial charge in [-0.25, -0.2) is 14.8 Å². The van der Waals surface area contributed by atoms with E-state index >= 15 is 0 Å². The monoisotopic (exact) mass is 272 g/mol. The van der Waals surface area contributed by atoms with Crippen LogP contribution in [0, 0.1) is 5.92 Å². The van der Waals surface area contributed by atoms with Gasteiger partial charge in [0.2, 0.25) is 5.28 Å². The summed E-state index contributed by atoms with van der Waals surface area (Å²) >= 11 is 11.6. The molecule has 1 aromatic heterocycles. The molecule has 2 heterocycles. The van der Waals surface area contributed by atoms with Gasteiger partial charge in [0.25, 0.3) is 0 Å². The minimum Gasteiger partial charge on any atom is -0.336 e. The van der Waals surface area contributed by atoms with E-state index in [1.165, 1.54) is 0 Å². The Labute approximate surface area is 108 Å². The number of nitrogens with one attached hydrogen (secondary N) is 1. The van der Waals surface area contributed by atoms with Crippen molar-refractivity contribution in [2.75, 3.05) is 11.4 Å². The van der Waals surface area contributed by atoms with E-state index in [2.05, 4.69) is 15.3 Å². The zero-order valence-corrected chi connectivity index (χ0v) is 10.4. The van der Waals surface area contributed by atoms with E-state index in [0.29, 0.717) is 18.3 Å². The number of nitrogens with zero attached hydrogens (tertiary/aromatic N) is 3. The molecule has 2 fully saturated rings. The number of aromatic nitrogens is 2. The van der Waals surface area contributed by atoms with Crippen LogP contribution in [0.3, 0.4) is 0 Å². The number of carbonyl (C=O) groups is 1. The molecule has 0 spiro atoms. The molecule has 1 aliphatic heterocycles. The molecule has 1 aliphatic carbocycles. The molecule has 0 aromatic carbocycles. The van der Waals surface area contributed by atoms with Crippen molar-refractivity contribution in [1.29, 1.82) is 0 Å². The highest BCUT2D eigenvalue weighted by Gasteiger charge is 2.43. The lowest BCUT2D eigenvalue weighted by Crippen LogP contribution is -2.36. The van der Waals surface area contributed by atoms with Crippen molar-refractivity contribution in [2.24, 2.45) is 5.92 Å². The molecule has 3 rings (SSSR count). The molecule has 1 aromatic rings. The quantitative estimate of drug-likeness (QED) is 0.663. The molecule has 2 amide bonds. The molecule has 1 saturated carbocycles. The summed E-state index contributed by atoms with van der Waals surface area (Å²) in [5, 5.41) is 3.12. The summed E-state index contributed by atoms with van der Waals surface area (Å²) in [4.78, 5) is 21.3. The first-order valence-electron chi connectivity index (χ1n) is 5.42. The second kappa shape index (κ2) is 3.99. The number of hydrogen-bond acceptors (Lipinski definition) is 3. The van der Waals surface area contributed by atoms with Gasteiger partial charge in [0, 0.05) is 12.6 Å². The average molecular weight is 273 g/mol. The van der Waals surface area contributed by atoms with Gasteiger partial charge in [-0.05, 0) is 30.4 Å². The van der Waals surface area contributed by atoms with Crippen LogP contribution in [0.25, 0.3) is 0 Å². The SMILES string of the molecule is O=C1NCC(C2CC2)N1c1cc(Cl)nc(Cl)n1. The summed E-state index contributed by atoms with van der Waals surface area (Å²) in [6.07, 6.45) is 2.31. The Bertz CT molecular complexity index is 457. The molecule has 1 N–H and O–H groups in total. The summed E-state index contributed by atoms with van der Waals surface area (Å²) in [5.74, 6) is 1.03. The first kappa shape index (κ1) is 11.0. The number of urea groups is 1. The van der Waals surface area contributed by atoms with Gasteiger partial charge >= 0.3 is 6.03 Å². The van der Waals surface area contributed by atoms with E-state index in [9.17, 15) is 4.79 Å². The third-order valence-electron chi connectivity index (χ3n) is 3.08. The van der Waals surface area contributed by atoms with Crippen molar-refractivity contribution in [2.45, 2.75) is 18.9 Å². The second-order valence-electron chi connectivity index (χ2n) is 4.28. The Hall–Kier alpha value is -1.07. The van der Waals surface area contributed by atoms with E-state index in [1.807, 2.05) is 0 Å². The van der Waals surface area contributed by atoms with Crippen LogP contribution in [0.5, 0.6) is 0 Å².